The Balaban J connectivity index is 1.68. The van der Waals surface area contributed by atoms with E-state index < -0.39 is 0 Å². The molecule has 0 spiro atoms. The van der Waals surface area contributed by atoms with Crippen LogP contribution < -0.4 is 10.5 Å². The lowest BCUT2D eigenvalue weighted by molar-refractivity contribution is 0.000553. The summed E-state index contributed by atoms with van der Waals surface area (Å²) >= 11 is 1.70. The van der Waals surface area contributed by atoms with Crippen molar-refractivity contribution in [3.8, 4) is 16.2 Å². The van der Waals surface area contributed by atoms with Crippen LogP contribution >= 0.6 is 11.3 Å². The molecule has 124 valence electrons. The van der Waals surface area contributed by atoms with E-state index in [9.17, 15) is 5.11 Å². The van der Waals surface area contributed by atoms with Crippen LogP contribution in [0.3, 0.4) is 0 Å². The third-order valence-corrected chi connectivity index (χ3v) is 5.80. The SMILES string of the molecule is Nc1cc(OCC2(CO)CCC2)c2ccc(-c3cccs3)cc2n1. The number of nitrogen functional groups attached to an aromatic ring is 1. The standard InChI is InChI=1S/C19H20N2O2S/c20-18-10-16(23-12-19(11-22)6-2-7-19)14-5-4-13(9-15(14)21-18)17-3-1-8-24-17/h1,3-5,8-10,22H,2,6-7,11-12H2,(H2,20,21). The average molecular weight is 340 g/mol. The number of thiophene rings is 1. The fourth-order valence-corrected chi connectivity index (χ4v) is 3.91. The van der Waals surface area contributed by atoms with Gasteiger partial charge in [-0.05, 0) is 42.0 Å². The van der Waals surface area contributed by atoms with Crippen LogP contribution in [0.25, 0.3) is 21.3 Å². The first-order chi connectivity index (χ1) is 11.7. The van der Waals surface area contributed by atoms with E-state index in [0.29, 0.717) is 12.4 Å². The van der Waals surface area contributed by atoms with Gasteiger partial charge < -0.3 is 15.6 Å². The van der Waals surface area contributed by atoms with E-state index in [4.69, 9.17) is 10.5 Å². The van der Waals surface area contributed by atoms with Crippen LogP contribution in [-0.4, -0.2) is 23.3 Å². The zero-order valence-corrected chi connectivity index (χ0v) is 14.2. The lowest BCUT2D eigenvalue weighted by atomic mass is 9.70. The van der Waals surface area contributed by atoms with E-state index in [1.807, 2.05) is 12.1 Å². The van der Waals surface area contributed by atoms with Gasteiger partial charge in [0, 0.05) is 21.7 Å². The fourth-order valence-electron chi connectivity index (χ4n) is 3.19. The number of anilines is 1. The van der Waals surface area contributed by atoms with E-state index >= 15 is 0 Å². The van der Waals surface area contributed by atoms with Crippen LogP contribution in [0.4, 0.5) is 5.82 Å². The topological polar surface area (TPSA) is 68.4 Å². The number of pyridine rings is 1. The maximum absolute atomic E-state index is 9.61. The van der Waals surface area contributed by atoms with Gasteiger partial charge in [0.1, 0.15) is 11.6 Å². The molecular weight excluding hydrogens is 320 g/mol. The molecule has 3 aromatic rings. The first-order valence-corrected chi connectivity index (χ1v) is 9.05. The summed E-state index contributed by atoms with van der Waals surface area (Å²) in [5.74, 6) is 1.20. The number of aliphatic hydroxyl groups is 1. The molecule has 0 atom stereocenters. The van der Waals surface area contributed by atoms with Gasteiger partial charge in [-0.2, -0.15) is 0 Å². The number of aliphatic hydroxyl groups excluding tert-OH is 1. The highest BCUT2D eigenvalue weighted by molar-refractivity contribution is 7.13. The maximum atomic E-state index is 9.61. The third kappa shape index (κ3) is 2.74. The summed E-state index contributed by atoms with van der Waals surface area (Å²) in [6.45, 7) is 0.697. The molecule has 0 saturated heterocycles. The Morgan fingerprint density at radius 1 is 1.25 bits per heavy atom. The van der Waals surface area contributed by atoms with Gasteiger partial charge in [-0.25, -0.2) is 4.98 Å². The van der Waals surface area contributed by atoms with Crippen molar-refractivity contribution in [3.63, 3.8) is 0 Å². The number of benzene rings is 1. The predicted molar refractivity (Wildman–Crippen MR) is 98.3 cm³/mol. The Hall–Kier alpha value is -2.11. The van der Waals surface area contributed by atoms with Crippen LogP contribution in [0.2, 0.25) is 0 Å². The molecule has 0 amide bonds. The zero-order chi connectivity index (χ0) is 16.6. The third-order valence-electron chi connectivity index (χ3n) is 4.88. The molecule has 24 heavy (non-hydrogen) atoms. The molecule has 0 aliphatic heterocycles. The van der Waals surface area contributed by atoms with Crippen molar-refractivity contribution >= 4 is 28.1 Å². The number of ether oxygens (including phenoxy) is 1. The van der Waals surface area contributed by atoms with Gasteiger partial charge in [-0.15, -0.1) is 11.3 Å². The monoisotopic (exact) mass is 340 g/mol. The molecule has 4 rings (SSSR count). The number of rotatable bonds is 5. The summed E-state index contributed by atoms with van der Waals surface area (Å²) in [6.07, 6.45) is 3.20. The van der Waals surface area contributed by atoms with Gasteiger partial charge in [0.15, 0.2) is 0 Å². The molecule has 1 aromatic carbocycles. The largest absolute Gasteiger partial charge is 0.492 e. The molecule has 0 bridgehead atoms. The first kappa shape index (κ1) is 15.4. The Morgan fingerprint density at radius 2 is 2.12 bits per heavy atom. The smallest absolute Gasteiger partial charge is 0.132 e. The van der Waals surface area contributed by atoms with Crippen LogP contribution in [0.15, 0.2) is 41.8 Å². The quantitative estimate of drug-likeness (QED) is 0.734. The number of nitrogens with zero attached hydrogens (tertiary/aromatic N) is 1. The average Bonchev–Trinajstić information content (AvgIpc) is 3.08. The molecule has 1 fully saturated rings. The molecular formula is C19H20N2O2S. The second-order valence-electron chi connectivity index (χ2n) is 6.55. The number of fused-ring (bicyclic) bond motifs is 1. The molecule has 1 saturated carbocycles. The Kier molecular flexibility index (Phi) is 3.90. The van der Waals surface area contributed by atoms with Crippen LogP contribution in [0.5, 0.6) is 5.75 Å². The molecule has 0 radical (unpaired) electrons. The van der Waals surface area contributed by atoms with Gasteiger partial charge in [-0.3, -0.25) is 0 Å². The van der Waals surface area contributed by atoms with E-state index in [1.165, 1.54) is 4.88 Å². The van der Waals surface area contributed by atoms with Crippen molar-refractivity contribution in [1.29, 1.82) is 0 Å². The van der Waals surface area contributed by atoms with Gasteiger partial charge in [0.05, 0.1) is 18.7 Å². The van der Waals surface area contributed by atoms with Gasteiger partial charge in [0.25, 0.3) is 0 Å². The summed E-state index contributed by atoms with van der Waals surface area (Å²) in [6, 6.07) is 12.1. The van der Waals surface area contributed by atoms with Crippen molar-refractivity contribution in [1.82, 2.24) is 4.98 Å². The van der Waals surface area contributed by atoms with E-state index in [2.05, 4.69) is 28.6 Å². The minimum absolute atomic E-state index is 0.0821. The van der Waals surface area contributed by atoms with Gasteiger partial charge >= 0.3 is 0 Å². The molecule has 1 aliphatic carbocycles. The highest BCUT2D eigenvalue weighted by Gasteiger charge is 2.37. The zero-order valence-electron chi connectivity index (χ0n) is 13.4. The van der Waals surface area contributed by atoms with Crippen molar-refractivity contribution in [3.05, 3.63) is 41.8 Å². The van der Waals surface area contributed by atoms with E-state index in [0.717, 1.165) is 41.5 Å². The Bertz CT molecular complexity index is 852. The van der Waals surface area contributed by atoms with Crippen LogP contribution in [0, 0.1) is 5.41 Å². The first-order valence-electron chi connectivity index (χ1n) is 8.17. The van der Waals surface area contributed by atoms with Crippen molar-refractivity contribution in [2.24, 2.45) is 5.41 Å². The Labute approximate surface area is 144 Å². The highest BCUT2D eigenvalue weighted by atomic mass is 32.1. The lowest BCUT2D eigenvalue weighted by Gasteiger charge is -2.39. The summed E-state index contributed by atoms with van der Waals surface area (Å²) < 4.78 is 6.05. The number of hydrogen-bond donors (Lipinski definition) is 2. The second kappa shape index (κ2) is 6.07. The summed E-state index contributed by atoms with van der Waals surface area (Å²) in [4.78, 5) is 5.66. The Morgan fingerprint density at radius 3 is 2.79 bits per heavy atom. The minimum atomic E-state index is -0.0821. The number of hydrogen-bond acceptors (Lipinski definition) is 5. The molecule has 2 heterocycles. The lowest BCUT2D eigenvalue weighted by Crippen LogP contribution is -2.39. The maximum Gasteiger partial charge on any atom is 0.132 e. The number of aromatic nitrogens is 1. The normalized spacial score (nSPS) is 16.0. The molecule has 4 nitrogen and oxygen atoms in total. The van der Waals surface area contributed by atoms with Crippen LogP contribution in [0.1, 0.15) is 19.3 Å². The van der Waals surface area contributed by atoms with Gasteiger partial charge in [-0.1, -0.05) is 18.6 Å². The predicted octanol–water partition coefficient (Wildman–Crippen LogP) is 4.09. The molecule has 1 aliphatic rings. The minimum Gasteiger partial charge on any atom is -0.492 e. The van der Waals surface area contributed by atoms with E-state index in [-0.39, 0.29) is 12.0 Å². The highest BCUT2D eigenvalue weighted by Crippen LogP contribution is 2.41. The summed E-state index contributed by atoms with van der Waals surface area (Å²) in [5.41, 5.74) is 7.86. The van der Waals surface area contributed by atoms with Crippen molar-refractivity contribution < 1.29 is 9.84 Å². The molecule has 5 heteroatoms. The number of nitrogens with two attached hydrogens (primary N) is 1. The summed E-state index contributed by atoms with van der Waals surface area (Å²) in [7, 11) is 0. The summed E-state index contributed by atoms with van der Waals surface area (Å²) in [5, 5.41) is 12.6. The van der Waals surface area contributed by atoms with Crippen molar-refractivity contribution in [2.75, 3.05) is 18.9 Å². The van der Waals surface area contributed by atoms with Crippen molar-refractivity contribution in [2.45, 2.75) is 19.3 Å². The van der Waals surface area contributed by atoms with Gasteiger partial charge in [0.2, 0.25) is 0 Å². The van der Waals surface area contributed by atoms with E-state index in [1.54, 1.807) is 17.4 Å². The molecule has 3 N–H and O–H groups in total. The second-order valence-corrected chi connectivity index (χ2v) is 7.50. The molecule has 0 unspecified atom stereocenters. The molecule has 2 aromatic heterocycles. The van der Waals surface area contributed by atoms with Crippen LogP contribution in [-0.2, 0) is 0 Å². The fraction of sp³-hybridized carbons (Fsp3) is 0.316.